The van der Waals surface area contributed by atoms with Gasteiger partial charge >= 0.3 is 0 Å². The van der Waals surface area contributed by atoms with E-state index in [9.17, 15) is 15.3 Å². The first-order chi connectivity index (χ1) is 12.4. The molecule has 0 aromatic heterocycles. The minimum atomic E-state index is -0.998. The van der Waals surface area contributed by atoms with Crippen LogP contribution in [0.15, 0.2) is 0 Å². The van der Waals surface area contributed by atoms with Crippen molar-refractivity contribution in [1.82, 2.24) is 0 Å². The molecule has 0 radical (unpaired) electrons. The molecule has 0 heterocycles. The van der Waals surface area contributed by atoms with Gasteiger partial charge in [-0.1, -0.05) is 0 Å². The quantitative estimate of drug-likeness (QED) is 0.121. The Morgan fingerprint density at radius 1 is 0.385 bits per heavy atom. The van der Waals surface area contributed by atoms with Gasteiger partial charge in [-0.3, -0.25) is 0 Å². The molecular formula is C15H32O11. The van der Waals surface area contributed by atoms with E-state index in [0.29, 0.717) is 0 Å². The smallest absolute Gasteiger partial charge is 0.101 e. The van der Waals surface area contributed by atoms with E-state index in [2.05, 4.69) is 0 Å². The van der Waals surface area contributed by atoms with Crippen LogP contribution in [0.4, 0.5) is 0 Å². The fraction of sp³-hybridized carbons (Fsp3) is 1.00. The second-order valence-corrected chi connectivity index (χ2v) is 5.78. The maximum Gasteiger partial charge on any atom is 0.101 e. The monoisotopic (exact) mass is 388 g/mol. The van der Waals surface area contributed by atoms with Crippen molar-refractivity contribution >= 4 is 0 Å². The number of aliphatic hydroxyl groups excluding tert-OH is 7. The van der Waals surface area contributed by atoms with Crippen molar-refractivity contribution in [2.24, 2.45) is 0 Å². The Morgan fingerprint density at radius 2 is 0.577 bits per heavy atom. The van der Waals surface area contributed by atoms with E-state index >= 15 is 0 Å². The van der Waals surface area contributed by atoms with Gasteiger partial charge in [-0.15, -0.1) is 0 Å². The molecule has 0 bridgehead atoms. The highest BCUT2D eigenvalue weighted by atomic mass is 16.5. The Kier molecular flexibility index (Phi) is 16.4. The van der Waals surface area contributed by atoms with Gasteiger partial charge in [0.15, 0.2) is 0 Å². The summed E-state index contributed by atoms with van der Waals surface area (Å²) in [4.78, 5) is 0. The summed E-state index contributed by atoms with van der Waals surface area (Å²) in [6.45, 7) is -1.58. The lowest BCUT2D eigenvalue weighted by molar-refractivity contribution is -0.0804. The van der Waals surface area contributed by atoms with E-state index in [0.717, 1.165) is 0 Å². The van der Waals surface area contributed by atoms with Crippen LogP contribution >= 0.6 is 0 Å². The molecule has 0 saturated carbocycles. The zero-order valence-electron chi connectivity index (χ0n) is 14.7. The Bertz CT molecular complexity index is 279. The number of hydrogen-bond acceptors (Lipinski definition) is 11. The lowest BCUT2D eigenvalue weighted by Gasteiger charge is -2.17. The summed E-state index contributed by atoms with van der Waals surface area (Å²) in [6.07, 6.45) is -4.83. The molecule has 0 rings (SSSR count). The molecule has 0 amide bonds. The van der Waals surface area contributed by atoms with Crippen molar-refractivity contribution in [3.8, 4) is 0 Å². The summed E-state index contributed by atoms with van der Waals surface area (Å²) >= 11 is 0. The Labute approximate surface area is 152 Å². The fourth-order valence-electron chi connectivity index (χ4n) is 1.61. The molecule has 11 nitrogen and oxygen atoms in total. The van der Waals surface area contributed by atoms with Gasteiger partial charge in [0.05, 0.1) is 66.1 Å². The first-order valence-corrected chi connectivity index (χ1v) is 8.32. The van der Waals surface area contributed by atoms with Crippen molar-refractivity contribution in [2.75, 3.05) is 66.1 Å². The van der Waals surface area contributed by atoms with Gasteiger partial charge in [0.1, 0.15) is 30.5 Å². The SMILES string of the molecule is OCC(O)COCC(O)COCC(O)COCC(O)COCC(O)CO. The third-order valence-electron chi connectivity index (χ3n) is 2.90. The normalized spacial score (nSPS) is 17.7. The molecule has 7 N–H and O–H groups in total. The molecule has 0 saturated heterocycles. The van der Waals surface area contributed by atoms with E-state index in [1.165, 1.54) is 0 Å². The van der Waals surface area contributed by atoms with Crippen LogP contribution in [0.2, 0.25) is 0 Å². The summed E-state index contributed by atoms with van der Waals surface area (Å²) in [5.41, 5.74) is 0. The van der Waals surface area contributed by atoms with Crippen LogP contribution in [0.25, 0.3) is 0 Å². The molecule has 0 spiro atoms. The maximum atomic E-state index is 9.64. The zero-order chi connectivity index (χ0) is 19.8. The summed E-state index contributed by atoms with van der Waals surface area (Å²) in [7, 11) is 0. The number of aliphatic hydroxyl groups is 7. The highest BCUT2D eigenvalue weighted by molar-refractivity contribution is 4.59. The summed E-state index contributed by atoms with van der Waals surface area (Å²) in [5.74, 6) is 0. The van der Waals surface area contributed by atoms with Crippen LogP contribution < -0.4 is 0 Å². The Balaban J connectivity index is 3.54. The van der Waals surface area contributed by atoms with E-state index in [1.54, 1.807) is 0 Å². The van der Waals surface area contributed by atoms with Crippen LogP contribution in [0.5, 0.6) is 0 Å². The first kappa shape index (κ1) is 25.6. The van der Waals surface area contributed by atoms with Crippen LogP contribution in [0.3, 0.4) is 0 Å². The molecule has 0 aliphatic rings. The van der Waals surface area contributed by atoms with Gasteiger partial charge in [-0.05, 0) is 0 Å². The molecule has 0 aromatic rings. The molecule has 0 fully saturated rings. The van der Waals surface area contributed by atoms with Gasteiger partial charge in [0.25, 0.3) is 0 Å². The van der Waals surface area contributed by atoms with Crippen molar-refractivity contribution in [1.29, 1.82) is 0 Å². The lowest BCUT2D eigenvalue weighted by atomic mass is 10.3. The molecule has 4 unspecified atom stereocenters. The zero-order valence-corrected chi connectivity index (χ0v) is 14.7. The highest BCUT2D eigenvalue weighted by Gasteiger charge is 2.12. The molecule has 158 valence electrons. The van der Waals surface area contributed by atoms with E-state index in [4.69, 9.17) is 39.4 Å². The predicted molar refractivity (Wildman–Crippen MR) is 87.5 cm³/mol. The average molecular weight is 388 g/mol. The molecular weight excluding hydrogens is 356 g/mol. The van der Waals surface area contributed by atoms with Gasteiger partial charge in [-0.2, -0.15) is 0 Å². The predicted octanol–water partition coefficient (Wildman–Crippen LogP) is -4.16. The molecule has 26 heavy (non-hydrogen) atoms. The number of hydrogen-bond donors (Lipinski definition) is 7. The Hall–Kier alpha value is -0.440. The molecule has 0 aliphatic carbocycles. The van der Waals surface area contributed by atoms with Crippen molar-refractivity contribution in [3.63, 3.8) is 0 Å². The lowest BCUT2D eigenvalue weighted by Crippen LogP contribution is -2.30. The average Bonchev–Trinajstić information content (AvgIpc) is 2.61. The summed E-state index contributed by atoms with van der Waals surface area (Å²) in [5, 5.41) is 64.0. The topological polar surface area (TPSA) is 179 Å². The fourth-order valence-corrected chi connectivity index (χ4v) is 1.61. The molecule has 0 aliphatic heterocycles. The van der Waals surface area contributed by atoms with Gasteiger partial charge in [0, 0.05) is 0 Å². The second kappa shape index (κ2) is 16.7. The van der Waals surface area contributed by atoms with Gasteiger partial charge in [-0.25, -0.2) is 0 Å². The van der Waals surface area contributed by atoms with Gasteiger partial charge in [0.2, 0.25) is 0 Å². The molecule has 4 atom stereocenters. The highest BCUT2D eigenvalue weighted by Crippen LogP contribution is 1.95. The van der Waals surface area contributed by atoms with Crippen molar-refractivity contribution in [2.45, 2.75) is 30.5 Å². The van der Waals surface area contributed by atoms with Crippen LogP contribution in [-0.2, 0) is 18.9 Å². The standard InChI is InChI=1S/C15H32O11/c16-1-11(18)3-23-5-13(20)7-25-9-15(22)10-26-8-14(21)6-24-4-12(19)2-17/h11-22H,1-10H2. The van der Waals surface area contributed by atoms with Crippen molar-refractivity contribution < 1.29 is 54.7 Å². The third kappa shape index (κ3) is 15.8. The van der Waals surface area contributed by atoms with E-state index in [1.807, 2.05) is 0 Å². The number of rotatable bonds is 18. The third-order valence-corrected chi connectivity index (χ3v) is 2.90. The second-order valence-electron chi connectivity index (χ2n) is 5.78. The molecule has 0 aromatic carbocycles. The first-order valence-electron chi connectivity index (χ1n) is 8.32. The largest absolute Gasteiger partial charge is 0.394 e. The minimum absolute atomic E-state index is 0.0825. The van der Waals surface area contributed by atoms with Gasteiger partial charge < -0.3 is 54.7 Å². The van der Waals surface area contributed by atoms with E-state index < -0.39 is 43.7 Å². The van der Waals surface area contributed by atoms with Crippen molar-refractivity contribution in [3.05, 3.63) is 0 Å². The Morgan fingerprint density at radius 3 is 0.769 bits per heavy atom. The van der Waals surface area contributed by atoms with E-state index in [-0.39, 0.29) is 52.9 Å². The van der Waals surface area contributed by atoms with Crippen LogP contribution in [0, 0.1) is 0 Å². The minimum Gasteiger partial charge on any atom is -0.394 e. The van der Waals surface area contributed by atoms with Crippen LogP contribution in [-0.4, -0.2) is 132 Å². The summed E-state index contributed by atoms with van der Waals surface area (Å²) in [6, 6.07) is 0. The summed E-state index contributed by atoms with van der Waals surface area (Å²) < 4.78 is 20.1. The van der Waals surface area contributed by atoms with Crippen LogP contribution in [0.1, 0.15) is 0 Å². The number of ether oxygens (including phenoxy) is 4. The molecule has 11 heteroatoms. The maximum absolute atomic E-state index is 9.64.